The van der Waals surface area contributed by atoms with Crippen LogP contribution in [0, 0.1) is 5.92 Å². The lowest BCUT2D eigenvalue weighted by Gasteiger charge is -2.34. The summed E-state index contributed by atoms with van der Waals surface area (Å²) < 4.78 is 5.14. The molecule has 0 spiro atoms. The Labute approximate surface area is 101 Å². The molecule has 0 bridgehead atoms. The van der Waals surface area contributed by atoms with Gasteiger partial charge in [0.05, 0.1) is 13.0 Å². The zero-order valence-corrected chi connectivity index (χ0v) is 9.85. The number of carboxylic acid groups (broad SMARTS) is 1. The zero-order valence-electron chi connectivity index (χ0n) is 9.85. The summed E-state index contributed by atoms with van der Waals surface area (Å²) in [6, 6.07) is 7.91. The number of carboxylic acids is 1. The van der Waals surface area contributed by atoms with Gasteiger partial charge in [-0.3, -0.25) is 4.79 Å². The first-order chi connectivity index (χ1) is 8.20. The second-order valence-electron chi connectivity index (χ2n) is 4.36. The van der Waals surface area contributed by atoms with Gasteiger partial charge in [0.25, 0.3) is 0 Å². The minimum absolute atomic E-state index is 0.110. The van der Waals surface area contributed by atoms with Crippen molar-refractivity contribution >= 4 is 5.97 Å². The number of rotatable bonds is 5. The van der Waals surface area contributed by atoms with Crippen molar-refractivity contribution in [2.45, 2.75) is 25.4 Å². The molecule has 4 heteroatoms. The Morgan fingerprint density at radius 3 is 2.94 bits per heavy atom. The summed E-state index contributed by atoms with van der Waals surface area (Å²) in [5, 5.41) is 12.2. The fourth-order valence-electron chi connectivity index (χ4n) is 2.07. The molecule has 1 aliphatic rings. The Kier molecular flexibility index (Phi) is 3.64. The van der Waals surface area contributed by atoms with Crippen LogP contribution in [0.4, 0.5) is 0 Å². The van der Waals surface area contributed by atoms with Crippen LogP contribution in [0.1, 0.15) is 18.4 Å². The van der Waals surface area contributed by atoms with Crippen LogP contribution in [-0.2, 0) is 11.3 Å². The first-order valence-electron chi connectivity index (χ1n) is 5.80. The summed E-state index contributed by atoms with van der Waals surface area (Å²) in [5.74, 6) is -0.0901. The lowest BCUT2D eigenvalue weighted by Crippen LogP contribution is -2.47. The van der Waals surface area contributed by atoms with E-state index in [2.05, 4.69) is 5.32 Å². The third-order valence-corrected chi connectivity index (χ3v) is 3.29. The van der Waals surface area contributed by atoms with Crippen LogP contribution >= 0.6 is 0 Å². The van der Waals surface area contributed by atoms with Crippen LogP contribution in [0.5, 0.6) is 5.75 Å². The molecule has 1 fully saturated rings. The second-order valence-corrected chi connectivity index (χ2v) is 4.36. The van der Waals surface area contributed by atoms with Crippen molar-refractivity contribution in [1.82, 2.24) is 5.32 Å². The van der Waals surface area contributed by atoms with E-state index >= 15 is 0 Å². The predicted octanol–water partition coefficient (Wildman–Crippen LogP) is 1.65. The Morgan fingerprint density at radius 2 is 2.35 bits per heavy atom. The van der Waals surface area contributed by atoms with Gasteiger partial charge >= 0.3 is 5.97 Å². The first-order valence-corrected chi connectivity index (χ1v) is 5.80. The monoisotopic (exact) mass is 235 g/mol. The van der Waals surface area contributed by atoms with Crippen molar-refractivity contribution in [3.05, 3.63) is 29.8 Å². The van der Waals surface area contributed by atoms with E-state index in [-0.39, 0.29) is 12.0 Å². The zero-order chi connectivity index (χ0) is 12.3. The normalized spacial score (nSPS) is 22.9. The molecular formula is C13H17NO3. The molecule has 0 radical (unpaired) electrons. The highest BCUT2D eigenvalue weighted by Crippen LogP contribution is 2.27. The highest BCUT2D eigenvalue weighted by atomic mass is 16.5. The van der Waals surface area contributed by atoms with Crippen molar-refractivity contribution in [2.75, 3.05) is 7.11 Å². The van der Waals surface area contributed by atoms with Gasteiger partial charge in [0.15, 0.2) is 0 Å². The molecule has 0 saturated heterocycles. The fraction of sp³-hybridized carbons (Fsp3) is 0.462. The van der Waals surface area contributed by atoms with E-state index in [1.54, 1.807) is 7.11 Å². The number of carbonyl (C=O) groups is 1. The largest absolute Gasteiger partial charge is 0.497 e. The van der Waals surface area contributed by atoms with Gasteiger partial charge in [-0.2, -0.15) is 0 Å². The molecular weight excluding hydrogens is 218 g/mol. The van der Waals surface area contributed by atoms with Gasteiger partial charge in [-0.1, -0.05) is 12.1 Å². The second kappa shape index (κ2) is 5.19. The molecule has 1 aromatic rings. The maximum atomic E-state index is 10.8. The van der Waals surface area contributed by atoms with Gasteiger partial charge in [0.2, 0.25) is 0 Å². The lowest BCUT2D eigenvalue weighted by molar-refractivity contribution is -0.146. The SMILES string of the molecule is COc1cccc(CNC2CCC2C(=O)O)c1. The summed E-state index contributed by atoms with van der Waals surface area (Å²) in [6.45, 7) is 0.686. The third kappa shape index (κ3) is 2.77. The van der Waals surface area contributed by atoms with Crippen molar-refractivity contribution < 1.29 is 14.6 Å². The molecule has 1 saturated carbocycles. The van der Waals surface area contributed by atoms with Crippen LogP contribution in [0.2, 0.25) is 0 Å². The number of methoxy groups -OCH3 is 1. The summed E-state index contributed by atoms with van der Waals surface area (Å²) in [6.07, 6.45) is 1.73. The maximum absolute atomic E-state index is 10.8. The standard InChI is InChI=1S/C13H17NO3/c1-17-10-4-2-3-9(7-10)8-14-12-6-5-11(12)13(15)16/h2-4,7,11-12,14H,5-6,8H2,1H3,(H,15,16). The van der Waals surface area contributed by atoms with Crippen LogP contribution in [0.15, 0.2) is 24.3 Å². The third-order valence-electron chi connectivity index (χ3n) is 3.29. The molecule has 0 aliphatic heterocycles. The summed E-state index contributed by atoms with van der Waals surface area (Å²) >= 11 is 0. The van der Waals surface area contributed by atoms with E-state index in [9.17, 15) is 4.79 Å². The van der Waals surface area contributed by atoms with Crippen LogP contribution in [0.25, 0.3) is 0 Å². The summed E-state index contributed by atoms with van der Waals surface area (Å²) in [4.78, 5) is 10.8. The molecule has 0 aromatic heterocycles. The first kappa shape index (κ1) is 11.9. The Balaban J connectivity index is 1.87. The maximum Gasteiger partial charge on any atom is 0.308 e. The van der Waals surface area contributed by atoms with Crippen molar-refractivity contribution in [1.29, 1.82) is 0 Å². The number of aliphatic carboxylic acids is 1. The van der Waals surface area contributed by atoms with Crippen LogP contribution in [-0.4, -0.2) is 24.2 Å². The Morgan fingerprint density at radius 1 is 1.53 bits per heavy atom. The van der Waals surface area contributed by atoms with E-state index in [0.29, 0.717) is 6.54 Å². The molecule has 2 atom stereocenters. The molecule has 2 unspecified atom stereocenters. The number of hydrogen-bond donors (Lipinski definition) is 2. The highest BCUT2D eigenvalue weighted by Gasteiger charge is 2.35. The number of hydrogen-bond acceptors (Lipinski definition) is 3. The molecule has 17 heavy (non-hydrogen) atoms. The predicted molar refractivity (Wildman–Crippen MR) is 64.0 cm³/mol. The van der Waals surface area contributed by atoms with Crippen molar-refractivity contribution in [3.8, 4) is 5.75 Å². The minimum Gasteiger partial charge on any atom is -0.497 e. The van der Waals surface area contributed by atoms with E-state index in [4.69, 9.17) is 9.84 Å². The molecule has 1 aliphatic carbocycles. The molecule has 1 aromatic carbocycles. The van der Waals surface area contributed by atoms with E-state index in [1.807, 2.05) is 24.3 Å². The minimum atomic E-state index is -0.695. The molecule has 0 heterocycles. The van der Waals surface area contributed by atoms with E-state index in [0.717, 1.165) is 24.2 Å². The average molecular weight is 235 g/mol. The van der Waals surface area contributed by atoms with Gasteiger partial charge < -0.3 is 15.2 Å². The Bertz CT molecular complexity index is 405. The lowest BCUT2D eigenvalue weighted by atomic mass is 9.79. The highest BCUT2D eigenvalue weighted by molar-refractivity contribution is 5.72. The molecule has 4 nitrogen and oxygen atoms in total. The van der Waals surface area contributed by atoms with Crippen LogP contribution in [0.3, 0.4) is 0 Å². The van der Waals surface area contributed by atoms with Crippen molar-refractivity contribution in [3.63, 3.8) is 0 Å². The average Bonchev–Trinajstić information content (AvgIpc) is 2.27. The fourth-order valence-corrected chi connectivity index (χ4v) is 2.07. The van der Waals surface area contributed by atoms with Crippen molar-refractivity contribution in [2.24, 2.45) is 5.92 Å². The van der Waals surface area contributed by atoms with Gasteiger partial charge in [-0.25, -0.2) is 0 Å². The number of benzene rings is 1. The molecule has 2 rings (SSSR count). The van der Waals surface area contributed by atoms with Gasteiger partial charge in [-0.05, 0) is 30.5 Å². The van der Waals surface area contributed by atoms with E-state index < -0.39 is 5.97 Å². The van der Waals surface area contributed by atoms with Gasteiger partial charge in [-0.15, -0.1) is 0 Å². The topological polar surface area (TPSA) is 58.6 Å². The smallest absolute Gasteiger partial charge is 0.308 e. The summed E-state index contributed by atoms with van der Waals surface area (Å²) in [5.41, 5.74) is 1.11. The van der Waals surface area contributed by atoms with E-state index in [1.165, 1.54) is 0 Å². The Hall–Kier alpha value is -1.55. The van der Waals surface area contributed by atoms with Crippen LogP contribution < -0.4 is 10.1 Å². The van der Waals surface area contributed by atoms with Gasteiger partial charge in [0, 0.05) is 12.6 Å². The summed E-state index contributed by atoms with van der Waals surface area (Å²) in [7, 11) is 1.64. The molecule has 2 N–H and O–H groups in total. The quantitative estimate of drug-likeness (QED) is 0.814. The molecule has 92 valence electrons. The molecule has 0 amide bonds. The number of nitrogens with one attached hydrogen (secondary N) is 1. The number of ether oxygens (including phenoxy) is 1. The van der Waals surface area contributed by atoms with Gasteiger partial charge in [0.1, 0.15) is 5.75 Å².